The van der Waals surface area contributed by atoms with Crippen molar-refractivity contribution in [3.05, 3.63) is 0 Å². The van der Waals surface area contributed by atoms with Crippen LogP contribution in [0.5, 0.6) is 0 Å². The van der Waals surface area contributed by atoms with Crippen LogP contribution in [-0.4, -0.2) is 23.7 Å². The normalized spacial score (nSPS) is 48.0. The Balaban J connectivity index is 2.07. The van der Waals surface area contributed by atoms with E-state index in [9.17, 15) is 0 Å². The summed E-state index contributed by atoms with van der Waals surface area (Å²) in [5.74, 6) is 1.35. The Kier molecular flexibility index (Phi) is 0.707. The van der Waals surface area contributed by atoms with Crippen LogP contribution >= 0.6 is 11.8 Å². The molecule has 2 aliphatic rings. The first-order chi connectivity index (χ1) is 3.41. The van der Waals surface area contributed by atoms with Gasteiger partial charge in [0.25, 0.3) is 0 Å². The van der Waals surface area contributed by atoms with Gasteiger partial charge in [-0.05, 0) is 6.42 Å². The van der Waals surface area contributed by atoms with Crippen molar-refractivity contribution < 1.29 is 4.74 Å². The van der Waals surface area contributed by atoms with Crippen molar-refractivity contribution in [1.82, 2.24) is 0 Å². The van der Waals surface area contributed by atoms with Crippen LogP contribution in [0.3, 0.4) is 0 Å². The molecule has 0 aromatic carbocycles. The standard InChI is InChI=1S/C5H8OS/c1-2-6-3-5(1)4-7-5/h1-4H2. The van der Waals surface area contributed by atoms with Gasteiger partial charge in [-0.2, -0.15) is 11.8 Å². The van der Waals surface area contributed by atoms with Crippen molar-refractivity contribution in [3.63, 3.8) is 0 Å². The Labute approximate surface area is 47.4 Å². The summed E-state index contributed by atoms with van der Waals surface area (Å²) in [7, 11) is 0. The van der Waals surface area contributed by atoms with E-state index in [-0.39, 0.29) is 0 Å². The van der Waals surface area contributed by atoms with Gasteiger partial charge in [0.2, 0.25) is 0 Å². The molecule has 0 aromatic heterocycles. The zero-order valence-electron chi connectivity index (χ0n) is 4.14. The van der Waals surface area contributed by atoms with Gasteiger partial charge < -0.3 is 4.74 Å². The topological polar surface area (TPSA) is 9.23 Å². The minimum atomic E-state index is 0.639. The van der Waals surface area contributed by atoms with Crippen molar-refractivity contribution in [2.24, 2.45) is 0 Å². The summed E-state index contributed by atoms with van der Waals surface area (Å²) in [6.45, 7) is 2.03. The minimum absolute atomic E-state index is 0.639. The number of rotatable bonds is 0. The number of ether oxygens (including phenoxy) is 1. The predicted octanol–water partition coefficient (Wildman–Crippen LogP) is 0.892. The van der Waals surface area contributed by atoms with Gasteiger partial charge in [-0.1, -0.05) is 0 Å². The molecule has 1 nitrogen and oxygen atoms in total. The summed E-state index contributed by atoms with van der Waals surface area (Å²) < 4.78 is 5.84. The fourth-order valence-electron chi connectivity index (χ4n) is 0.918. The zero-order valence-corrected chi connectivity index (χ0v) is 4.96. The van der Waals surface area contributed by atoms with Crippen LogP contribution in [-0.2, 0) is 4.74 Å². The maximum atomic E-state index is 5.20. The van der Waals surface area contributed by atoms with Gasteiger partial charge >= 0.3 is 0 Å². The van der Waals surface area contributed by atoms with Crippen LogP contribution in [0.1, 0.15) is 6.42 Å². The lowest BCUT2D eigenvalue weighted by molar-refractivity contribution is 0.195. The van der Waals surface area contributed by atoms with Crippen molar-refractivity contribution in [2.75, 3.05) is 19.0 Å². The molecule has 0 N–H and O–H groups in total. The van der Waals surface area contributed by atoms with Crippen LogP contribution in [0.15, 0.2) is 0 Å². The second-order valence-electron chi connectivity index (χ2n) is 2.27. The number of thioether (sulfide) groups is 1. The average Bonchev–Trinajstić information content (AvgIpc) is 2.15. The third-order valence-electron chi connectivity index (χ3n) is 1.62. The molecule has 2 aliphatic heterocycles. The van der Waals surface area contributed by atoms with E-state index in [2.05, 4.69) is 11.8 Å². The molecule has 0 radical (unpaired) electrons. The Morgan fingerprint density at radius 1 is 1.57 bits per heavy atom. The first kappa shape index (κ1) is 4.21. The van der Waals surface area contributed by atoms with Gasteiger partial charge in [0, 0.05) is 12.4 Å². The maximum absolute atomic E-state index is 5.20. The largest absolute Gasteiger partial charge is 0.380 e. The molecule has 2 heteroatoms. The molecule has 0 bridgehead atoms. The third-order valence-corrected chi connectivity index (χ3v) is 3.05. The van der Waals surface area contributed by atoms with E-state index in [1.54, 1.807) is 0 Å². The molecule has 2 saturated heterocycles. The number of hydrogen-bond acceptors (Lipinski definition) is 2. The van der Waals surface area contributed by atoms with Crippen LogP contribution < -0.4 is 0 Å². The highest BCUT2D eigenvalue weighted by molar-refractivity contribution is 8.07. The van der Waals surface area contributed by atoms with Crippen molar-refractivity contribution in [2.45, 2.75) is 11.2 Å². The Hall–Kier alpha value is 0.310. The summed E-state index contributed by atoms with van der Waals surface area (Å²) in [6, 6.07) is 0. The number of hydrogen-bond donors (Lipinski definition) is 0. The van der Waals surface area contributed by atoms with E-state index < -0.39 is 0 Å². The lowest BCUT2D eigenvalue weighted by Gasteiger charge is -1.92. The molecule has 0 amide bonds. The monoisotopic (exact) mass is 116 g/mol. The van der Waals surface area contributed by atoms with E-state index in [0.29, 0.717) is 4.75 Å². The molecule has 2 heterocycles. The summed E-state index contributed by atoms with van der Waals surface area (Å²) >= 11 is 2.05. The molecular formula is C5H8OS. The third kappa shape index (κ3) is 0.572. The van der Waals surface area contributed by atoms with Crippen LogP contribution in [0, 0.1) is 0 Å². The van der Waals surface area contributed by atoms with Crippen molar-refractivity contribution >= 4 is 11.8 Å². The molecule has 1 atom stereocenters. The van der Waals surface area contributed by atoms with E-state index in [0.717, 1.165) is 13.2 Å². The Morgan fingerprint density at radius 2 is 2.43 bits per heavy atom. The van der Waals surface area contributed by atoms with E-state index >= 15 is 0 Å². The molecule has 2 fully saturated rings. The lowest BCUT2D eigenvalue weighted by atomic mass is 10.2. The smallest absolute Gasteiger partial charge is 0.0622 e. The van der Waals surface area contributed by atoms with Crippen LogP contribution in [0.2, 0.25) is 0 Å². The summed E-state index contributed by atoms with van der Waals surface area (Å²) in [5.41, 5.74) is 0. The quantitative estimate of drug-likeness (QED) is 0.435. The minimum Gasteiger partial charge on any atom is -0.380 e. The first-order valence-corrected chi connectivity index (χ1v) is 3.62. The Morgan fingerprint density at radius 3 is 2.71 bits per heavy atom. The van der Waals surface area contributed by atoms with Gasteiger partial charge in [0.15, 0.2) is 0 Å². The Bertz CT molecular complexity index is 80.1. The molecule has 0 saturated carbocycles. The van der Waals surface area contributed by atoms with Gasteiger partial charge in [-0.25, -0.2) is 0 Å². The van der Waals surface area contributed by atoms with Crippen LogP contribution in [0.4, 0.5) is 0 Å². The first-order valence-electron chi connectivity index (χ1n) is 2.63. The molecule has 7 heavy (non-hydrogen) atoms. The average molecular weight is 116 g/mol. The maximum Gasteiger partial charge on any atom is 0.0622 e. The van der Waals surface area contributed by atoms with Gasteiger partial charge in [-0.3, -0.25) is 0 Å². The van der Waals surface area contributed by atoms with Crippen molar-refractivity contribution in [1.29, 1.82) is 0 Å². The summed E-state index contributed by atoms with van der Waals surface area (Å²) in [6.07, 6.45) is 1.30. The summed E-state index contributed by atoms with van der Waals surface area (Å²) in [4.78, 5) is 0. The SMILES string of the molecule is C1CC2(CO1)CS2. The van der Waals surface area contributed by atoms with Crippen LogP contribution in [0.25, 0.3) is 0 Å². The van der Waals surface area contributed by atoms with E-state index in [1.165, 1.54) is 12.2 Å². The molecular weight excluding hydrogens is 108 g/mol. The highest BCUT2D eigenvalue weighted by Crippen LogP contribution is 2.50. The second kappa shape index (κ2) is 1.17. The predicted molar refractivity (Wildman–Crippen MR) is 30.6 cm³/mol. The highest BCUT2D eigenvalue weighted by atomic mass is 32.2. The zero-order chi connectivity index (χ0) is 4.74. The molecule has 40 valence electrons. The summed E-state index contributed by atoms with van der Waals surface area (Å²) in [5, 5.41) is 0. The molecule has 0 aromatic rings. The molecule has 2 rings (SSSR count). The van der Waals surface area contributed by atoms with Crippen molar-refractivity contribution in [3.8, 4) is 0 Å². The van der Waals surface area contributed by atoms with E-state index in [4.69, 9.17) is 4.74 Å². The second-order valence-corrected chi connectivity index (χ2v) is 3.72. The lowest BCUT2D eigenvalue weighted by Crippen LogP contribution is -2.05. The molecule has 1 spiro atoms. The molecule has 1 unspecified atom stereocenters. The fraction of sp³-hybridized carbons (Fsp3) is 1.00. The fourth-order valence-corrected chi connectivity index (χ4v) is 1.74. The van der Waals surface area contributed by atoms with E-state index in [1.807, 2.05) is 0 Å². The van der Waals surface area contributed by atoms with Gasteiger partial charge in [-0.15, -0.1) is 0 Å². The van der Waals surface area contributed by atoms with Gasteiger partial charge in [0.05, 0.1) is 11.4 Å². The highest BCUT2D eigenvalue weighted by Gasteiger charge is 2.46. The van der Waals surface area contributed by atoms with Gasteiger partial charge in [0.1, 0.15) is 0 Å². The molecule has 0 aliphatic carbocycles.